The first-order chi connectivity index (χ1) is 7.18. The molecule has 2 aromatic rings. The molecular formula is C12H10ClNO. The fraction of sp³-hybridized carbons (Fsp3) is 0.0833. The highest BCUT2D eigenvalue weighted by Crippen LogP contribution is 2.18. The standard InChI is InChI=1S/C12H10ClNO/c1-8-4-5-9(7-10(8)13)12(15)11-3-2-6-14-11/h2-7,14H,1H3. The van der Waals surface area contributed by atoms with Crippen LogP contribution < -0.4 is 0 Å². The van der Waals surface area contributed by atoms with Gasteiger partial charge >= 0.3 is 0 Å². The van der Waals surface area contributed by atoms with Gasteiger partial charge in [-0.15, -0.1) is 0 Å². The van der Waals surface area contributed by atoms with E-state index >= 15 is 0 Å². The molecule has 1 N–H and O–H groups in total. The normalized spacial score (nSPS) is 10.3. The van der Waals surface area contributed by atoms with Crippen LogP contribution >= 0.6 is 11.6 Å². The van der Waals surface area contributed by atoms with Crippen molar-refractivity contribution in [2.75, 3.05) is 0 Å². The van der Waals surface area contributed by atoms with Gasteiger partial charge in [0.05, 0.1) is 5.69 Å². The number of halogens is 1. The Balaban J connectivity index is 2.39. The van der Waals surface area contributed by atoms with Crippen molar-refractivity contribution < 1.29 is 4.79 Å². The van der Waals surface area contributed by atoms with Crippen molar-refractivity contribution in [3.63, 3.8) is 0 Å². The van der Waals surface area contributed by atoms with E-state index in [1.165, 1.54) is 0 Å². The number of rotatable bonds is 2. The highest BCUT2D eigenvalue weighted by molar-refractivity contribution is 6.31. The molecule has 0 aliphatic heterocycles. The van der Waals surface area contributed by atoms with Crippen molar-refractivity contribution in [3.8, 4) is 0 Å². The van der Waals surface area contributed by atoms with Gasteiger partial charge in [-0.25, -0.2) is 0 Å². The van der Waals surface area contributed by atoms with Crippen LogP contribution in [0.2, 0.25) is 5.02 Å². The maximum atomic E-state index is 11.9. The number of nitrogens with one attached hydrogen (secondary N) is 1. The third kappa shape index (κ3) is 1.95. The lowest BCUT2D eigenvalue weighted by Crippen LogP contribution is -2.01. The Bertz CT molecular complexity index is 488. The average molecular weight is 220 g/mol. The van der Waals surface area contributed by atoms with Gasteiger partial charge in [0.15, 0.2) is 0 Å². The van der Waals surface area contributed by atoms with Gasteiger partial charge in [-0.05, 0) is 30.7 Å². The van der Waals surface area contributed by atoms with E-state index in [1.807, 2.05) is 13.0 Å². The summed E-state index contributed by atoms with van der Waals surface area (Å²) in [5.74, 6) is -0.0399. The van der Waals surface area contributed by atoms with Crippen LogP contribution in [0.1, 0.15) is 21.6 Å². The Morgan fingerprint density at radius 3 is 2.73 bits per heavy atom. The molecule has 15 heavy (non-hydrogen) atoms. The molecule has 2 nitrogen and oxygen atoms in total. The molecule has 0 atom stereocenters. The number of benzene rings is 1. The van der Waals surface area contributed by atoms with Crippen molar-refractivity contribution in [1.82, 2.24) is 4.98 Å². The molecular weight excluding hydrogens is 210 g/mol. The summed E-state index contributed by atoms with van der Waals surface area (Å²) in [6, 6.07) is 8.86. The molecule has 0 aliphatic carbocycles. The third-order valence-corrected chi connectivity index (χ3v) is 2.68. The maximum absolute atomic E-state index is 11.9. The van der Waals surface area contributed by atoms with Gasteiger partial charge in [-0.2, -0.15) is 0 Å². The molecule has 0 amide bonds. The van der Waals surface area contributed by atoms with Crippen LogP contribution in [0.25, 0.3) is 0 Å². The smallest absolute Gasteiger partial charge is 0.209 e. The van der Waals surface area contributed by atoms with Crippen LogP contribution in [0.5, 0.6) is 0 Å². The second-order valence-electron chi connectivity index (χ2n) is 3.38. The van der Waals surface area contributed by atoms with E-state index in [0.717, 1.165) is 5.56 Å². The molecule has 0 unspecified atom stereocenters. The number of aryl methyl sites for hydroxylation is 1. The van der Waals surface area contributed by atoms with E-state index in [2.05, 4.69) is 4.98 Å². The molecule has 0 radical (unpaired) electrons. The number of hydrogen-bond donors (Lipinski definition) is 1. The van der Waals surface area contributed by atoms with Gasteiger partial charge in [0.2, 0.25) is 5.78 Å². The Hall–Kier alpha value is -1.54. The number of H-pyrrole nitrogens is 1. The van der Waals surface area contributed by atoms with Gasteiger partial charge in [-0.3, -0.25) is 4.79 Å². The summed E-state index contributed by atoms with van der Waals surface area (Å²) in [7, 11) is 0. The van der Waals surface area contributed by atoms with Crippen molar-refractivity contribution >= 4 is 17.4 Å². The van der Waals surface area contributed by atoms with Crippen LogP contribution in [0, 0.1) is 6.92 Å². The highest BCUT2D eigenvalue weighted by atomic mass is 35.5. The molecule has 0 aliphatic rings. The Labute approximate surface area is 92.9 Å². The van der Waals surface area contributed by atoms with Crippen LogP contribution in [0.4, 0.5) is 0 Å². The highest BCUT2D eigenvalue weighted by Gasteiger charge is 2.10. The van der Waals surface area contributed by atoms with Crippen LogP contribution in [-0.4, -0.2) is 10.8 Å². The van der Waals surface area contributed by atoms with Crippen molar-refractivity contribution in [2.24, 2.45) is 0 Å². The van der Waals surface area contributed by atoms with Crippen molar-refractivity contribution in [2.45, 2.75) is 6.92 Å². The second-order valence-corrected chi connectivity index (χ2v) is 3.78. The van der Waals surface area contributed by atoms with Crippen LogP contribution in [0.15, 0.2) is 36.5 Å². The monoisotopic (exact) mass is 219 g/mol. The molecule has 1 aromatic heterocycles. The molecule has 0 saturated heterocycles. The minimum absolute atomic E-state index is 0.0399. The summed E-state index contributed by atoms with van der Waals surface area (Å²) in [5.41, 5.74) is 2.16. The summed E-state index contributed by atoms with van der Waals surface area (Å²) < 4.78 is 0. The first kappa shape index (κ1) is 9.99. The maximum Gasteiger partial charge on any atom is 0.209 e. The fourth-order valence-corrected chi connectivity index (χ4v) is 1.54. The molecule has 2 rings (SSSR count). The Morgan fingerprint density at radius 1 is 1.33 bits per heavy atom. The molecule has 1 aromatic carbocycles. The lowest BCUT2D eigenvalue weighted by Gasteiger charge is -2.01. The zero-order valence-corrected chi connectivity index (χ0v) is 9.01. The quantitative estimate of drug-likeness (QED) is 0.773. The SMILES string of the molecule is Cc1ccc(C(=O)c2ccc[nH]2)cc1Cl. The van der Waals surface area contributed by atoms with E-state index in [4.69, 9.17) is 11.6 Å². The molecule has 76 valence electrons. The number of hydrogen-bond acceptors (Lipinski definition) is 1. The van der Waals surface area contributed by atoms with Crippen LogP contribution in [-0.2, 0) is 0 Å². The average Bonchev–Trinajstić information content (AvgIpc) is 2.74. The molecule has 1 heterocycles. The molecule has 0 bridgehead atoms. The molecule has 0 saturated carbocycles. The van der Waals surface area contributed by atoms with Crippen molar-refractivity contribution in [1.29, 1.82) is 0 Å². The van der Waals surface area contributed by atoms with E-state index in [0.29, 0.717) is 16.3 Å². The molecule has 3 heteroatoms. The van der Waals surface area contributed by atoms with Gasteiger partial charge < -0.3 is 4.98 Å². The lowest BCUT2D eigenvalue weighted by atomic mass is 10.1. The number of aromatic amines is 1. The Kier molecular flexibility index (Phi) is 2.60. The summed E-state index contributed by atoms with van der Waals surface area (Å²) in [5, 5.41) is 0.618. The van der Waals surface area contributed by atoms with Gasteiger partial charge in [-0.1, -0.05) is 23.7 Å². The fourth-order valence-electron chi connectivity index (χ4n) is 1.36. The summed E-state index contributed by atoms with van der Waals surface area (Å²) >= 11 is 5.96. The van der Waals surface area contributed by atoms with Gasteiger partial charge in [0, 0.05) is 16.8 Å². The summed E-state index contributed by atoms with van der Waals surface area (Å²) in [4.78, 5) is 14.8. The number of aromatic nitrogens is 1. The van der Waals surface area contributed by atoms with Gasteiger partial charge in [0.1, 0.15) is 0 Å². The van der Waals surface area contributed by atoms with Gasteiger partial charge in [0.25, 0.3) is 0 Å². The van der Waals surface area contributed by atoms with E-state index in [1.54, 1.807) is 30.5 Å². The Morgan fingerprint density at radius 2 is 2.13 bits per heavy atom. The predicted molar refractivity (Wildman–Crippen MR) is 60.4 cm³/mol. The zero-order chi connectivity index (χ0) is 10.8. The topological polar surface area (TPSA) is 32.9 Å². The van der Waals surface area contributed by atoms with E-state index in [9.17, 15) is 4.79 Å². The zero-order valence-electron chi connectivity index (χ0n) is 8.25. The first-order valence-corrected chi connectivity index (χ1v) is 5.00. The van der Waals surface area contributed by atoms with E-state index < -0.39 is 0 Å². The molecule has 0 fully saturated rings. The number of carbonyl (C=O) groups excluding carboxylic acids is 1. The predicted octanol–water partition coefficient (Wildman–Crippen LogP) is 3.21. The number of carbonyl (C=O) groups is 1. The summed E-state index contributed by atoms with van der Waals surface area (Å²) in [6.07, 6.45) is 1.73. The first-order valence-electron chi connectivity index (χ1n) is 4.63. The van der Waals surface area contributed by atoms with Crippen LogP contribution in [0.3, 0.4) is 0 Å². The van der Waals surface area contributed by atoms with Crippen molar-refractivity contribution in [3.05, 3.63) is 58.4 Å². The number of ketones is 1. The lowest BCUT2D eigenvalue weighted by molar-refractivity contribution is 0.103. The minimum atomic E-state index is -0.0399. The second kappa shape index (κ2) is 3.91. The minimum Gasteiger partial charge on any atom is -0.359 e. The third-order valence-electron chi connectivity index (χ3n) is 2.28. The molecule has 0 spiro atoms. The summed E-state index contributed by atoms with van der Waals surface area (Å²) in [6.45, 7) is 1.91. The largest absolute Gasteiger partial charge is 0.359 e. The van der Waals surface area contributed by atoms with E-state index in [-0.39, 0.29) is 5.78 Å².